The number of anilines is 1. The molecule has 4 rings (SSSR count). The maximum Gasteiger partial charge on any atom is 0.271 e. The summed E-state index contributed by atoms with van der Waals surface area (Å²) in [5.74, 6) is -0.395. The molecular formula is C27H25BrN4O3S. The highest BCUT2D eigenvalue weighted by Crippen LogP contribution is 2.23. The number of hydrogen-bond donors (Lipinski definition) is 1. The average Bonchev–Trinajstić information content (AvgIpc) is 3.17. The molecule has 0 unspecified atom stereocenters. The van der Waals surface area contributed by atoms with E-state index in [0.29, 0.717) is 11.3 Å². The van der Waals surface area contributed by atoms with Gasteiger partial charge in [-0.1, -0.05) is 34.1 Å². The van der Waals surface area contributed by atoms with Crippen LogP contribution in [0.5, 0.6) is 0 Å². The van der Waals surface area contributed by atoms with Gasteiger partial charge in [0.05, 0.1) is 16.8 Å². The van der Waals surface area contributed by atoms with Crippen LogP contribution in [0.25, 0.3) is 5.69 Å². The molecule has 0 atom stereocenters. The van der Waals surface area contributed by atoms with E-state index in [-0.39, 0.29) is 4.90 Å². The predicted molar refractivity (Wildman–Crippen MR) is 146 cm³/mol. The molecule has 1 amide bonds. The molecule has 36 heavy (non-hydrogen) atoms. The van der Waals surface area contributed by atoms with E-state index in [1.807, 2.05) is 44.2 Å². The number of aryl methyl sites for hydroxylation is 1. The zero-order chi connectivity index (χ0) is 25.9. The van der Waals surface area contributed by atoms with Gasteiger partial charge < -0.3 is 4.57 Å². The van der Waals surface area contributed by atoms with Crippen LogP contribution in [-0.2, 0) is 10.0 Å². The van der Waals surface area contributed by atoms with Crippen LogP contribution >= 0.6 is 15.9 Å². The monoisotopic (exact) mass is 564 g/mol. The minimum Gasteiger partial charge on any atom is -0.318 e. The van der Waals surface area contributed by atoms with Crippen molar-refractivity contribution in [2.24, 2.45) is 5.10 Å². The van der Waals surface area contributed by atoms with Crippen LogP contribution in [0.3, 0.4) is 0 Å². The van der Waals surface area contributed by atoms with E-state index in [4.69, 9.17) is 0 Å². The average molecular weight is 565 g/mol. The van der Waals surface area contributed by atoms with Gasteiger partial charge in [-0.3, -0.25) is 9.10 Å². The lowest BCUT2D eigenvalue weighted by Gasteiger charge is -2.19. The van der Waals surface area contributed by atoms with Crippen molar-refractivity contribution < 1.29 is 13.2 Å². The molecule has 0 radical (unpaired) electrons. The maximum absolute atomic E-state index is 12.8. The van der Waals surface area contributed by atoms with Crippen molar-refractivity contribution in [1.82, 2.24) is 9.99 Å². The van der Waals surface area contributed by atoms with Gasteiger partial charge in [0.25, 0.3) is 15.9 Å². The smallest absolute Gasteiger partial charge is 0.271 e. The third-order valence-corrected chi connectivity index (χ3v) is 8.15. The zero-order valence-electron chi connectivity index (χ0n) is 20.0. The third kappa shape index (κ3) is 5.27. The Balaban J connectivity index is 1.44. The topological polar surface area (TPSA) is 83.8 Å². The Morgan fingerprint density at radius 2 is 1.61 bits per heavy atom. The molecule has 0 fully saturated rings. The Hall–Kier alpha value is -3.69. The summed E-state index contributed by atoms with van der Waals surface area (Å²) in [5.41, 5.74) is 7.32. The van der Waals surface area contributed by atoms with Crippen LogP contribution in [0.1, 0.15) is 27.3 Å². The lowest BCUT2D eigenvalue weighted by molar-refractivity contribution is 0.0955. The largest absolute Gasteiger partial charge is 0.318 e. The molecule has 0 saturated heterocycles. The Morgan fingerprint density at radius 3 is 2.25 bits per heavy atom. The van der Waals surface area contributed by atoms with Gasteiger partial charge in [0, 0.05) is 39.7 Å². The molecule has 3 aromatic carbocycles. The molecule has 0 aliphatic rings. The first-order valence-corrected chi connectivity index (χ1v) is 13.3. The molecule has 9 heteroatoms. The number of nitrogens with zero attached hydrogens (tertiary/aromatic N) is 3. The van der Waals surface area contributed by atoms with Crippen LogP contribution in [0.4, 0.5) is 5.69 Å². The first-order chi connectivity index (χ1) is 17.2. The highest BCUT2D eigenvalue weighted by molar-refractivity contribution is 9.10. The number of carbonyl (C=O) groups excluding carboxylic acids is 1. The summed E-state index contributed by atoms with van der Waals surface area (Å²) in [6.45, 7) is 4.01. The number of benzene rings is 3. The normalized spacial score (nSPS) is 11.6. The number of sulfonamides is 1. The molecular weight excluding hydrogens is 540 g/mol. The molecule has 0 aliphatic heterocycles. The summed E-state index contributed by atoms with van der Waals surface area (Å²) in [4.78, 5) is 12.8. The minimum atomic E-state index is -3.69. The van der Waals surface area contributed by atoms with Crippen molar-refractivity contribution in [3.05, 3.63) is 112 Å². The van der Waals surface area contributed by atoms with E-state index in [0.717, 1.165) is 27.1 Å². The van der Waals surface area contributed by atoms with E-state index in [9.17, 15) is 13.2 Å². The highest BCUT2D eigenvalue weighted by Gasteiger charge is 2.21. The maximum atomic E-state index is 12.8. The zero-order valence-corrected chi connectivity index (χ0v) is 22.4. The Labute approximate surface area is 219 Å². The summed E-state index contributed by atoms with van der Waals surface area (Å²) in [5, 5.41) is 4.13. The summed E-state index contributed by atoms with van der Waals surface area (Å²) >= 11 is 3.46. The molecule has 0 spiro atoms. The first kappa shape index (κ1) is 25.4. The molecule has 7 nitrogen and oxygen atoms in total. The second kappa shape index (κ2) is 10.5. The van der Waals surface area contributed by atoms with Gasteiger partial charge >= 0.3 is 0 Å². The van der Waals surface area contributed by atoms with Gasteiger partial charge in [0.2, 0.25) is 0 Å². The fraction of sp³-hybridized carbons (Fsp3) is 0.111. The van der Waals surface area contributed by atoms with Crippen LogP contribution in [0.2, 0.25) is 0 Å². The standard InChI is InChI=1S/C27H25BrN4O3S/c1-19-17-22(20(2)32(19)25-15-11-23(28)12-16-25)18-29-30-27(33)21-9-13-24(14-10-21)31(3)36(34,35)26-7-5-4-6-8-26/h4-18H,1-3H3,(H,30,33)/b29-18+. The van der Waals surface area contributed by atoms with Crippen LogP contribution in [0, 0.1) is 13.8 Å². The summed E-state index contributed by atoms with van der Waals surface area (Å²) < 4.78 is 29.9. The van der Waals surface area contributed by atoms with E-state index in [1.54, 1.807) is 60.8 Å². The second-order valence-electron chi connectivity index (χ2n) is 8.17. The van der Waals surface area contributed by atoms with Crippen molar-refractivity contribution in [3.8, 4) is 5.69 Å². The number of rotatable bonds is 7. The molecule has 184 valence electrons. The number of halogens is 1. The Morgan fingerprint density at radius 1 is 0.972 bits per heavy atom. The van der Waals surface area contributed by atoms with Gasteiger partial charge in [0.15, 0.2) is 0 Å². The van der Waals surface area contributed by atoms with E-state index < -0.39 is 15.9 Å². The number of carbonyl (C=O) groups is 1. The van der Waals surface area contributed by atoms with Crippen LogP contribution < -0.4 is 9.73 Å². The summed E-state index contributed by atoms with van der Waals surface area (Å²) in [7, 11) is -2.21. The SMILES string of the molecule is Cc1cc(/C=N/NC(=O)c2ccc(N(C)S(=O)(=O)c3ccccc3)cc2)c(C)n1-c1ccc(Br)cc1. The lowest BCUT2D eigenvalue weighted by atomic mass is 10.2. The quantitative estimate of drug-likeness (QED) is 0.239. The molecule has 0 aliphatic carbocycles. The van der Waals surface area contributed by atoms with E-state index in [2.05, 4.69) is 31.0 Å². The Bertz CT molecular complexity index is 1510. The fourth-order valence-corrected chi connectivity index (χ4v) is 5.32. The predicted octanol–water partition coefficient (Wildman–Crippen LogP) is 5.45. The minimum absolute atomic E-state index is 0.197. The van der Waals surface area contributed by atoms with E-state index in [1.165, 1.54) is 11.4 Å². The first-order valence-electron chi connectivity index (χ1n) is 11.1. The number of aromatic nitrogens is 1. The van der Waals surface area contributed by atoms with Crippen molar-refractivity contribution >= 4 is 43.8 Å². The molecule has 1 heterocycles. The molecule has 4 aromatic rings. The number of amides is 1. The van der Waals surface area contributed by atoms with Crippen LogP contribution in [0.15, 0.2) is 99.4 Å². The van der Waals surface area contributed by atoms with E-state index >= 15 is 0 Å². The molecule has 0 saturated carbocycles. The Kier molecular flexibility index (Phi) is 7.42. The summed E-state index contributed by atoms with van der Waals surface area (Å²) in [6.07, 6.45) is 1.62. The van der Waals surface area contributed by atoms with Gasteiger partial charge in [-0.25, -0.2) is 13.8 Å². The number of hydrazone groups is 1. The van der Waals surface area contributed by atoms with Crippen molar-refractivity contribution in [3.63, 3.8) is 0 Å². The molecule has 1 aromatic heterocycles. The van der Waals surface area contributed by atoms with Gasteiger partial charge in [-0.05, 0) is 80.6 Å². The number of nitrogens with one attached hydrogen (secondary N) is 1. The highest BCUT2D eigenvalue weighted by atomic mass is 79.9. The van der Waals surface area contributed by atoms with Crippen LogP contribution in [-0.4, -0.2) is 32.2 Å². The molecule has 0 bridgehead atoms. The third-order valence-electron chi connectivity index (χ3n) is 5.82. The number of hydrogen-bond acceptors (Lipinski definition) is 4. The van der Waals surface area contributed by atoms with Gasteiger partial charge in [-0.2, -0.15) is 5.10 Å². The summed E-state index contributed by atoms with van der Waals surface area (Å²) in [6, 6.07) is 24.5. The second-order valence-corrected chi connectivity index (χ2v) is 11.1. The fourth-order valence-electron chi connectivity index (χ4n) is 3.84. The molecule has 1 N–H and O–H groups in total. The van der Waals surface area contributed by atoms with Gasteiger partial charge in [-0.15, -0.1) is 0 Å². The van der Waals surface area contributed by atoms with Crippen molar-refractivity contribution in [2.75, 3.05) is 11.4 Å². The lowest BCUT2D eigenvalue weighted by Crippen LogP contribution is -2.26. The van der Waals surface area contributed by atoms with Gasteiger partial charge in [0.1, 0.15) is 0 Å². The van der Waals surface area contributed by atoms with Crippen molar-refractivity contribution in [1.29, 1.82) is 0 Å². The van der Waals surface area contributed by atoms with Crippen molar-refractivity contribution in [2.45, 2.75) is 18.7 Å².